The molecular formula is C24H48N6O5. The number of hydrogen-bond donors (Lipinski definition) is 7. The van der Waals surface area contributed by atoms with Crippen LogP contribution in [0.1, 0.15) is 79.1 Å². The Kier molecular flexibility index (Phi) is 16.9. The number of hydrogen-bond acceptors (Lipinski definition) is 7. The maximum Gasteiger partial charge on any atom is 0.326 e. The van der Waals surface area contributed by atoms with Gasteiger partial charge in [-0.05, 0) is 69.9 Å². The van der Waals surface area contributed by atoms with Gasteiger partial charge in [0.15, 0.2) is 0 Å². The quantitative estimate of drug-likeness (QED) is 0.122. The molecule has 0 aliphatic heterocycles. The third-order valence-electron chi connectivity index (χ3n) is 5.55. The van der Waals surface area contributed by atoms with Crippen LogP contribution in [0, 0.1) is 11.8 Å². The molecule has 0 aliphatic carbocycles. The van der Waals surface area contributed by atoms with Crippen LogP contribution in [0.25, 0.3) is 0 Å². The molecule has 0 fully saturated rings. The number of aliphatic carboxylic acids is 1. The molecule has 0 aromatic heterocycles. The first-order valence-corrected chi connectivity index (χ1v) is 12.7. The molecule has 4 unspecified atom stereocenters. The zero-order chi connectivity index (χ0) is 27.0. The lowest BCUT2D eigenvalue weighted by molar-refractivity contribution is -0.143. The molecule has 0 bridgehead atoms. The van der Waals surface area contributed by atoms with Gasteiger partial charge in [-0.3, -0.25) is 14.4 Å². The number of carboxylic acids is 1. The molecule has 0 aliphatic rings. The molecule has 0 rings (SSSR count). The highest BCUT2D eigenvalue weighted by Crippen LogP contribution is 2.10. The van der Waals surface area contributed by atoms with Crippen molar-refractivity contribution in [3.63, 3.8) is 0 Å². The Morgan fingerprint density at radius 2 is 1.09 bits per heavy atom. The second-order valence-electron chi connectivity index (χ2n) is 9.96. The van der Waals surface area contributed by atoms with Crippen molar-refractivity contribution in [2.45, 2.75) is 103 Å². The standard InChI is InChI=1S/C24H48N6O5/c1-15(2)13-19(23(33)30-20(24(34)35)14-16(3)4)29-22(32)18(10-6-8-12-26)28-21(31)17(27)9-5-7-11-25/h15-20H,5-14,25-27H2,1-4H3,(H,28,31)(H,29,32)(H,30,33)(H,34,35). The number of carboxylic acid groups (broad SMARTS) is 1. The SMILES string of the molecule is CC(C)CC(NC(=O)C(CC(C)C)NC(=O)C(CCCCN)NC(=O)C(N)CCCCN)C(=O)O. The molecular weight excluding hydrogens is 452 g/mol. The minimum atomic E-state index is -1.13. The molecule has 0 heterocycles. The predicted octanol–water partition coefficient (Wildman–Crippen LogP) is 0.203. The third-order valence-corrected chi connectivity index (χ3v) is 5.55. The lowest BCUT2D eigenvalue weighted by atomic mass is 9.99. The largest absolute Gasteiger partial charge is 0.480 e. The van der Waals surface area contributed by atoms with Crippen LogP contribution < -0.4 is 33.2 Å². The molecule has 204 valence electrons. The second kappa shape index (κ2) is 18.1. The number of nitrogens with one attached hydrogen (secondary N) is 3. The molecule has 11 heteroatoms. The third kappa shape index (κ3) is 14.7. The van der Waals surface area contributed by atoms with Crippen molar-refractivity contribution in [2.24, 2.45) is 29.0 Å². The van der Waals surface area contributed by atoms with Crippen LogP contribution >= 0.6 is 0 Å². The van der Waals surface area contributed by atoms with E-state index in [9.17, 15) is 24.3 Å². The van der Waals surface area contributed by atoms with E-state index in [0.29, 0.717) is 51.6 Å². The monoisotopic (exact) mass is 500 g/mol. The van der Waals surface area contributed by atoms with E-state index in [2.05, 4.69) is 16.0 Å². The number of nitrogens with two attached hydrogens (primary N) is 3. The summed E-state index contributed by atoms with van der Waals surface area (Å²) in [4.78, 5) is 50.3. The summed E-state index contributed by atoms with van der Waals surface area (Å²) < 4.78 is 0. The summed E-state index contributed by atoms with van der Waals surface area (Å²) in [7, 11) is 0. The first kappa shape index (κ1) is 32.8. The van der Waals surface area contributed by atoms with Gasteiger partial charge in [0.05, 0.1) is 6.04 Å². The number of carbonyl (C=O) groups excluding carboxylic acids is 3. The van der Waals surface area contributed by atoms with Crippen LogP contribution in [-0.2, 0) is 19.2 Å². The van der Waals surface area contributed by atoms with Gasteiger partial charge in [0.25, 0.3) is 0 Å². The lowest BCUT2D eigenvalue weighted by Gasteiger charge is -2.26. The molecule has 0 aromatic carbocycles. The van der Waals surface area contributed by atoms with Crippen molar-refractivity contribution < 1.29 is 24.3 Å². The maximum absolute atomic E-state index is 13.1. The van der Waals surface area contributed by atoms with Crippen LogP contribution in [0.3, 0.4) is 0 Å². The van der Waals surface area contributed by atoms with Gasteiger partial charge in [-0.15, -0.1) is 0 Å². The van der Waals surface area contributed by atoms with Gasteiger partial charge in [-0.2, -0.15) is 0 Å². The maximum atomic E-state index is 13.1. The summed E-state index contributed by atoms with van der Waals surface area (Å²) >= 11 is 0. The van der Waals surface area contributed by atoms with Gasteiger partial charge in [-0.25, -0.2) is 4.79 Å². The van der Waals surface area contributed by atoms with Crippen molar-refractivity contribution in [3.05, 3.63) is 0 Å². The summed E-state index contributed by atoms with van der Waals surface area (Å²) in [5, 5.41) is 17.5. The van der Waals surface area contributed by atoms with Gasteiger partial charge in [0.2, 0.25) is 17.7 Å². The predicted molar refractivity (Wildman–Crippen MR) is 136 cm³/mol. The van der Waals surface area contributed by atoms with E-state index in [-0.39, 0.29) is 18.3 Å². The van der Waals surface area contributed by atoms with E-state index in [1.165, 1.54) is 0 Å². The van der Waals surface area contributed by atoms with E-state index in [0.717, 1.165) is 6.42 Å². The Balaban J connectivity index is 5.44. The summed E-state index contributed by atoms with van der Waals surface area (Å²) in [5.74, 6) is -2.53. The molecule has 0 spiro atoms. The van der Waals surface area contributed by atoms with Crippen molar-refractivity contribution in [1.29, 1.82) is 0 Å². The van der Waals surface area contributed by atoms with E-state index >= 15 is 0 Å². The molecule has 0 saturated carbocycles. The fraction of sp³-hybridized carbons (Fsp3) is 0.833. The fourth-order valence-corrected chi connectivity index (χ4v) is 3.62. The Bertz CT molecular complexity index is 658. The molecule has 4 atom stereocenters. The van der Waals surface area contributed by atoms with E-state index in [1.807, 2.05) is 27.7 Å². The molecule has 0 aromatic rings. The topological polar surface area (TPSA) is 203 Å². The lowest BCUT2D eigenvalue weighted by Crippen LogP contribution is -2.57. The molecule has 3 amide bonds. The fourth-order valence-electron chi connectivity index (χ4n) is 3.62. The summed E-state index contributed by atoms with van der Waals surface area (Å²) in [5.41, 5.74) is 17.0. The minimum absolute atomic E-state index is 0.0562. The average molecular weight is 501 g/mol. The minimum Gasteiger partial charge on any atom is -0.480 e. The van der Waals surface area contributed by atoms with Gasteiger partial charge < -0.3 is 38.3 Å². The molecule has 0 saturated heterocycles. The normalized spacial score (nSPS) is 14.8. The molecule has 11 nitrogen and oxygen atoms in total. The van der Waals surface area contributed by atoms with Gasteiger partial charge in [-0.1, -0.05) is 34.1 Å². The van der Waals surface area contributed by atoms with Crippen molar-refractivity contribution in [2.75, 3.05) is 13.1 Å². The Hall–Kier alpha value is -2.24. The summed E-state index contributed by atoms with van der Waals surface area (Å²) in [6, 6.07) is -3.65. The molecule has 10 N–H and O–H groups in total. The summed E-state index contributed by atoms with van der Waals surface area (Å²) in [6.07, 6.45) is 4.10. The van der Waals surface area contributed by atoms with Crippen LogP contribution in [0.15, 0.2) is 0 Å². The first-order chi connectivity index (χ1) is 16.4. The van der Waals surface area contributed by atoms with Gasteiger partial charge >= 0.3 is 5.97 Å². The zero-order valence-electron chi connectivity index (χ0n) is 21.8. The van der Waals surface area contributed by atoms with Crippen LogP contribution in [0.4, 0.5) is 0 Å². The summed E-state index contributed by atoms with van der Waals surface area (Å²) in [6.45, 7) is 8.49. The smallest absolute Gasteiger partial charge is 0.326 e. The van der Waals surface area contributed by atoms with E-state index in [4.69, 9.17) is 17.2 Å². The number of carbonyl (C=O) groups is 4. The van der Waals surface area contributed by atoms with Crippen LogP contribution in [0.2, 0.25) is 0 Å². The van der Waals surface area contributed by atoms with Gasteiger partial charge in [0.1, 0.15) is 18.1 Å². The van der Waals surface area contributed by atoms with Crippen molar-refractivity contribution in [3.8, 4) is 0 Å². The van der Waals surface area contributed by atoms with E-state index < -0.39 is 47.9 Å². The second-order valence-corrected chi connectivity index (χ2v) is 9.96. The highest BCUT2D eigenvalue weighted by molar-refractivity contribution is 5.94. The molecule has 0 radical (unpaired) electrons. The average Bonchev–Trinajstić information content (AvgIpc) is 2.76. The highest BCUT2D eigenvalue weighted by atomic mass is 16.4. The first-order valence-electron chi connectivity index (χ1n) is 12.7. The number of rotatable bonds is 19. The number of unbranched alkanes of at least 4 members (excludes halogenated alkanes) is 2. The van der Waals surface area contributed by atoms with Crippen LogP contribution in [0.5, 0.6) is 0 Å². The van der Waals surface area contributed by atoms with E-state index in [1.54, 1.807) is 0 Å². The number of amides is 3. The molecule has 35 heavy (non-hydrogen) atoms. The Morgan fingerprint density at radius 3 is 1.57 bits per heavy atom. The van der Waals surface area contributed by atoms with Crippen molar-refractivity contribution >= 4 is 23.7 Å². The van der Waals surface area contributed by atoms with Crippen molar-refractivity contribution in [1.82, 2.24) is 16.0 Å². The zero-order valence-corrected chi connectivity index (χ0v) is 21.8. The van der Waals surface area contributed by atoms with Crippen LogP contribution in [-0.4, -0.2) is 66.1 Å². The Labute approximate surface area is 209 Å². The van der Waals surface area contributed by atoms with Gasteiger partial charge in [0, 0.05) is 0 Å². The highest BCUT2D eigenvalue weighted by Gasteiger charge is 2.30. The Morgan fingerprint density at radius 1 is 0.657 bits per heavy atom.